The summed E-state index contributed by atoms with van der Waals surface area (Å²) in [5.74, 6) is -3.18. The number of rotatable bonds is 4. The normalized spacial score (nSPS) is 21.6. The van der Waals surface area contributed by atoms with Crippen LogP contribution in [-0.4, -0.2) is 42.5 Å². The standard InChI is InChI=1S/C14H16F2N2O3/c1-21-9-6-11(14(17)20)18(7-9)12(19)5-8-3-2-4-10(15)13(8)16/h2-4,9,11H,5-7H2,1H3,(H2,17,20)/t9-,11-/m0/s1. The van der Waals surface area contributed by atoms with Gasteiger partial charge in [0.25, 0.3) is 0 Å². The molecule has 0 radical (unpaired) electrons. The highest BCUT2D eigenvalue weighted by Crippen LogP contribution is 2.22. The van der Waals surface area contributed by atoms with Gasteiger partial charge in [-0.3, -0.25) is 9.59 Å². The maximum absolute atomic E-state index is 13.6. The minimum atomic E-state index is -1.05. The Balaban J connectivity index is 2.15. The zero-order valence-electron chi connectivity index (χ0n) is 11.5. The van der Waals surface area contributed by atoms with E-state index in [4.69, 9.17) is 10.5 Å². The van der Waals surface area contributed by atoms with Crippen LogP contribution in [0.1, 0.15) is 12.0 Å². The highest BCUT2D eigenvalue weighted by atomic mass is 19.2. The fraction of sp³-hybridized carbons (Fsp3) is 0.429. The number of likely N-dealkylation sites (tertiary alicyclic amines) is 1. The summed E-state index contributed by atoms with van der Waals surface area (Å²) in [6.07, 6.45) is -0.309. The first-order valence-electron chi connectivity index (χ1n) is 6.48. The first-order valence-corrected chi connectivity index (χ1v) is 6.48. The molecule has 0 bridgehead atoms. The average Bonchev–Trinajstić information content (AvgIpc) is 2.88. The summed E-state index contributed by atoms with van der Waals surface area (Å²) in [7, 11) is 1.48. The van der Waals surface area contributed by atoms with Crippen LogP contribution in [0.2, 0.25) is 0 Å². The summed E-state index contributed by atoms with van der Waals surface area (Å²) in [5.41, 5.74) is 5.22. The van der Waals surface area contributed by atoms with Crippen molar-refractivity contribution in [1.82, 2.24) is 4.90 Å². The Morgan fingerprint density at radius 3 is 2.76 bits per heavy atom. The van der Waals surface area contributed by atoms with Gasteiger partial charge in [0, 0.05) is 25.6 Å². The molecule has 2 atom stereocenters. The molecule has 0 unspecified atom stereocenters. The van der Waals surface area contributed by atoms with Crippen molar-refractivity contribution in [3.05, 3.63) is 35.4 Å². The number of nitrogens with two attached hydrogens (primary N) is 1. The van der Waals surface area contributed by atoms with Gasteiger partial charge in [0.1, 0.15) is 6.04 Å². The molecule has 1 aliphatic rings. The molecule has 1 heterocycles. The summed E-state index contributed by atoms with van der Waals surface area (Å²) in [6, 6.07) is 2.86. The van der Waals surface area contributed by atoms with E-state index in [-0.39, 0.29) is 24.6 Å². The molecule has 7 heteroatoms. The van der Waals surface area contributed by atoms with Crippen LogP contribution >= 0.6 is 0 Å². The minimum absolute atomic E-state index is 0.0518. The van der Waals surface area contributed by atoms with Crippen LogP contribution in [0, 0.1) is 11.6 Å². The second-order valence-corrected chi connectivity index (χ2v) is 4.95. The third kappa shape index (κ3) is 3.18. The molecule has 1 aromatic carbocycles. The van der Waals surface area contributed by atoms with Gasteiger partial charge in [-0.2, -0.15) is 0 Å². The van der Waals surface area contributed by atoms with E-state index >= 15 is 0 Å². The Kier molecular flexibility index (Phi) is 4.52. The Morgan fingerprint density at radius 2 is 2.14 bits per heavy atom. The van der Waals surface area contributed by atoms with Crippen LogP contribution in [0.25, 0.3) is 0 Å². The van der Waals surface area contributed by atoms with E-state index < -0.39 is 29.5 Å². The molecular formula is C14H16F2N2O3. The molecular weight excluding hydrogens is 282 g/mol. The van der Waals surface area contributed by atoms with Crippen molar-refractivity contribution in [3.63, 3.8) is 0 Å². The lowest BCUT2D eigenvalue weighted by Crippen LogP contribution is -2.44. The maximum atomic E-state index is 13.6. The highest BCUT2D eigenvalue weighted by Gasteiger charge is 2.38. The Morgan fingerprint density at radius 1 is 1.43 bits per heavy atom. The molecule has 5 nitrogen and oxygen atoms in total. The van der Waals surface area contributed by atoms with E-state index in [1.807, 2.05) is 0 Å². The second kappa shape index (κ2) is 6.17. The molecule has 2 amide bonds. The van der Waals surface area contributed by atoms with Crippen molar-refractivity contribution in [2.45, 2.75) is 25.0 Å². The summed E-state index contributed by atoms with van der Waals surface area (Å²) >= 11 is 0. The predicted molar refractivity (Wildman–Crippen MR) is 70.2 cm³/mol. The summed E-state index contributed by atoms with van der Waals surface area (Å²) in [4.78, 5) is 24.9. The number of halogens is 2. The molecule has 2 N–H and O–H groups in total. The number of carbonyl (C=O) groups is 2. The van der Waals surface area contributed by atoms with E-state index in [0.29, 0.717) is 6.42 Å². The zero-order chi connectivity index (χ0) is 15.6. The Labute approximate surface area is 120 Å². The van der Waals surface area contributed by atoms with Gasteiger partial charge >= 0.3 is 0 Å². The maximum Gasteiger partial charge on any atom is 0.240 e. The fourth-order valence-corrected chi connectivity index (χ4v) is 2.46. The van der Waals surface area contributed by atoms with Gasteiger partial charge in [-0.25, -0.2) is 8.78 Å². The largest absolute Gasteiger partial charge is 0.380 e. The second-order valence-electron chi connectivity index (χ2n) is 4.95. The van der Waals surface area contributed by atoms with Crippen molar-refractivity contribution >= 4 is 11.8 Å². The summed E-state index contributed by atoms with van der Waals surface area (Å²) in [6.45, 7) is 0.208. The van der Waals surface area contributed by atoms with Crippen LogP contribution in [0.5, 0.6) is 0 Å². The van der Waals surface area contributed by atoms with E-state index in [0.717, 1.165) is 6.07 Å². The SMILES string of the molecule is CO[C@H]1C[C@@H](C(N)=O)N(C(=O)Cc2cccc(F)c2F)C1. The third-order valence-electron chi connectivity index (χ3n) is 3.62. The molecule has 0 saturated carbocycles. The number of nitrogens with zero attached hydrogens (tertiary/aromatic N) is 1. The van der Waals surface area contributed by atoms with Crippen molar-refractivity contribution < 1.29 is 23.1 Å². The van der Waals surface area contributed by atoms with E-state index in [1.165, 1.54) is 24.1 Å². The van der Waals surface area contributed by atoms with Crippen molar-refractivity contribution in [2.24, 2.45) is 5.73 Å². The first-order chi connectivity index (χ1) is 9.93. The van der Waals surface area contributed by atoms with Crippen LogP contribution < -0.4 is 5.73 Å². The number of benzene rings is 1. The van der Waals surface area contributed by atoms with Crippen molar-refractivity contribution in [2.75, 3.05) is 13.7 Å². The molecule has 1 saturated heterocycles. The van der Waals surface area contributed by atoms with Gasteiger partial charge in [-0.15, -0.1) is 0 Å². The molecule has 114 valence electrons. The molecule has 0 aliphatic carbocycles. The topological polar surface area (TPSA) is 72.6 Å². The molecule has 0 spiro atoms. The van der Waals surface area contributed by atoms with Crippen LogP contribution in [0.4, 0.5) is 8.78 Å². The lowest BCUT2D eigenvalue weighted by Gasteiger charge is -2.22. The van der Waals surface area contributed by atoms with Gasteiger partial charge in [0.15, 0.2) is 11.6 Å². The van der Waals surface area contributed by atoms with Crippen LogP contribution in [0.15, 0.2) is 18.2 Å². The molecule has 1 aliphatic heterocycles. The summed E-state index contributed by atoms with van der Waals surface area (Å²) in [5, 5.41) is 0. The van der Waals surface area contributed by atoms with Gasteiger partial charge < -0.3 is 15.4 Å². The lowest BCUT2D eigenvalue weighted by molar-refractivity contribution is -0.136. The number of hydrogen-bond acceptors (Lipinski definition) is 3. The van der Waals surface area contributed by atoms with E-state index in [1.54, 1.807) is 0 Å². The van der Waals surface area contributed by atoms with Gasteiger partial charge in [-0.1, -0.05) is 12.1 Å². The number of hydrogen-bond donors (Lipinski definition) is 1. The molecule has 2 rings (SSSR count). The quantitative estimate of drug-likeness (QED) is 0.885. The predicted octanol–water partition coefficient (Wildman–Crippen LogP) is 0.608. The highest BCUT2D eigenvalue weighted by molar-refractivity contribution is 5.88. The van der Waals surface area contributed by atoms with Gasteiger partial charge in [0.05, 0.1) is 12.5 Å². The Bertz CT molecular complexity index is 565. The van der Waals surface area contributed by atoms with Gasteiger partial charge in [-0.05, 0) is 6.07 Å². The number of primary amides is 1. The van der Waals surface area contributed by atoms with Crippen LogP contribution in [0.3, 0.4) is 0 Å². The lowest BCUT2D eigenvalue weighted by atomic mass is 10.1. The number of methoxy groups -OCH3 is 1. The first kappa shape index (κ1) is 15.4. The fourth-order valence-electron chi connectivity index (χ4n) is 2.46. The zero-order valence-corrected chi connectivity index (χ0v) is 11.5. The van der Waals surface area contributed by atoms with Crippen LogP contribution in [-0.2, 0) is 20.7 Å². The minimum Gasteiger partial charge on any atom is -0.380 e. The van der Waals surface area contributed by atoms with Crippen molar-refractivity contribution in [1.29, 1.82) is 0 Å². The monoisotopic (exact) mass is 298 g/mol. The number of amides is 2. The number of carbonyl (C=O) groups excluding carboxylic acids is 2. The van der Waals surface area contributed by atoms with E-state index in [2.05, 4.69) is 0 Å². The molecule has 0 aromatic heterocycles. The van der Waals surface area contributed by atoms with Gasteiger partial charge in [0.2, 0.25) is 11.8 Å². The number of ether oxygens (including phenoxy) is 1. The smallest absolute Gasteiger partial charge is 0.240 e. The van der Waals surface area contributed by atoms with E-state index in [9.17, 15) is 18.4 Å². The summed E-state index contributed by atoms with van der Waals surface area (Å²) < 4.78 is 31.8. The Hall–Kier alpha value is -2.02. The van der Waals surface area contributed by atoms with Crippen molar-refractivity contribution in [3.8, 4) is 0 Å². The molecule has 21 heavy (non-hydrogen) atoms. The average molecular weight is 298 g/mol. The molecule has 1 fully saturated rings. The molecule has 1 aromatic rings. The third-order valence-corrected chi connectivity index (χ3v) is 3.62.